The topological polar surface area (TPSA) is 93.7 Å². The van der Waals surface area contributed by atoms with Crippen molar-refractivity contribution in [2.75, 3.05) is 19.0 Å². The van der Waals surface area contributed by atoms with Gasteiger partial charge in [-0.2, -0.15) is 0 Å². The predicted molar refractivity (Wildman–Crippen MR) is 103 cm³/mol. The first-order valence-electron chi connectivity index (χ1n) is 8.07. The summed E-state index contributed by atoms with van der Waals surface area (Å²) >= 11 is 0. The maximum absolute atomic E-state index is 12.4. The minimum Gasteiger partial charge on any atom is -0.422 e. The lowest BCUT2D eigenvalue weighted by molar-refractivity contribution is -0.384. The number of allylic oxidation sites excluding steroid dienone is 1. The molecule has 7 nitrogen and oxygen atoms in total. The van der Waals surface area contributed by atoms with Gasteiger partial charge in [0, 0.05) is 37.3 Å². The number of non-ortho nitro benzene ring substituents is 1. The molecule has 7 heteroatoms. The van der Waals surface area contributed by atoms with Gasteiger partial charge in [-0.1, -0.05) is 18.2 Å². The van der Waals surface area contributed by atoms with Crippen molar-refractivity contribution in [3.8, 4) is 0 Å². The molecule has 0 atom stereocenters. The van der Waals surface area contributed by atoms with E-state index in [0.29, 0.717) is 5.39 Å². The molecule has 3 rings (SSSR count). The number of nitrogens with zero attached hydrogens (tertiary/aromatic N) is 2. The Bertz CT molecular complexity index is 1110. The molecule has 0 radical (unpaired) electrons. The molecule has 2 aromatic carbocycles. The molecule has 136 valence electrons. The molecule has 27 heavy (non-hydrogen) atoms. The molecule has 1 aromatic heterocycles. The number of hydrogen-bond acceptors (Lipinski definition) is 6. The highest BCUT2D eigenvalue weighted by molar-refractivity contribution is 6.07. The molecule has 1 heterocycles. The van der Waals surface area contributed by atoms with Gasteiger partial charge in [0.1, 0.15) is 11.1 Å². The molecule has 3 aromatic rings. The largest absolute Gasteiger partial charge is 0.422 e. The van der Waals surface area contributed by atoms with E-state index in [2.05, 4.69) is 0 Å². The average molecular weight is 364 g/mol. The van der Waals surface area contributed by atoms with Crippen molar-refractivity contribution in [2.24, 2.45) is 0 Å². The van der Waals surface area contributed by atoms with Crippen molar-refractivity contribution in [1.29, 1.82) is 0 Å². The van der Waals surface area contributed by atoms with Gasteiger partial charge in [0.2, 0.25) is 0 Å². The van der Waals surface area contributed by atoms with Crippen molar-refractivity contribution in [3.05, 3.63) is 86.3 Å². The molecule has 0 aliphatic rings. The predicted octanol–water partition coefficient (Wildman–Crippen LogP) is 3.66. The summed E-state index contributed by atoms with van der Waals surface area (Å²) in [6, 6.07) is 12.7. The number of nitro benzene ring substituents is 1. The van der Waals surface area contributed by atoms with E-state index in [1.54, 1.807) is 6.08 Å². The van der Waals surface area contributed by atoms with E-state index >= 15 is 0 Å². The van der Waals surface area contributed by atoms with E-state index in [4.69, 9.17) is 4.42 Å². The van der Waals surface area contributed by atoms with Crippen LogP contribution in [0.1, 0.15) is 15.9 Å². The van der Waals surface area contributed by atoms with E-state index < -0.39 is 16.3 Å². The van der Waals surface area contributed by atoms with Crippen LogP contribution >= 0.6 is 0 Å². The second-order valence-electron chi connectivity index (χ2n) is 6.11. The first kappa shape index (κ1) is 18.1. The number of nitro groups is 1. The van der Waals surface area contributed by atoms with Crippen LogP contribution in [0.25, 0.3) is 17.0 Å². The molecule has 0 aliphatic carbocycles. The number of ketones is 1. The number of rotatable bonds is 5. The zero-order valence-electron chi connectivity index (χ0n) is 14.7. The van der Waals surface area contributed by atoms with Gasteiger partial charge in [-0.15, -0.1) is 0 Å². The Morgan fingerprint density at radius 1 is 1.11 bits per heavy atom. The Morgan fingerprint density at radius 2 is 1.81 bits per heavy atom. The molecular weight excluding hydrogens is 348 g/mol. The van der Waals surface area contributed by atoms with Crippen molar-refractivity contribution in [2.45, 2.75) is 0 Å². The van der Waals surface area contributed by atoms with Crippen LogP contribution in [-0.2, 0) is 0 Å². The molecule has 0 amide bonds. The fourth-order valence-corrected chi connectivity index (χ4v) is 2.54. The van der Waals surface area contributed by atoms with Crippen LogP contribution in [0.2, 0.25) is 0 Å². The lowest BCUT2D eigenvalue weighted by Crippen LogP contribution is -2.12. The third-order valence-electron chi connectivity index (χ3n) is 4.03. The van der Waals surface area contributed by atoms with Gasteiger partial charge in [0.05, 0.1) is 4.92 Å². The van der Waals surface area contributed by atoms with E-state index in [1.165, 1.54) is 30.3 Å². The minimum absolute atomic E-state index is 0.147. The molecule has 0 spiro atoms. The van der Waals surface area contributed by atoms with Crippen LogP contribution in [-0.4, -0.2) is 24.8 Å². The molecule has 0 aliphatic heterocycles. The molecular formula is C20H16N2O5. The van der Waals surface area contributed by atoms with Gasteiger partial charge in [0.15, 0.2) is 5.78 Å². The molecule has 0 unspecified atom stereocenters. The first-order valence-corrected chi connectivity index (χ1v) is 8.07. The summed E-state index contributed by atoms with van der Waals surface area (Å²) in [5, 5.41) is 11.2. The van der Waals surface area contributed by atoms with Gasteiger partial charge in [-0.3, -0.25) is 14.9 Å². The maximum Gasteiger partial charge on any atom is 0.347 e. The quantitative estimate of drug-likeness (QED) is 0.225. The third kappa shape index (κ3) is 3.92. The monoisotopic (exact) mass is 364 g/mol. The Hall–Kier alpha value is -3.74. The third-order valence-corrected chi connectivity index (χ3v) is 4.03. The highest BCUT2D eigenvalue weighted by atomic mass is 16.6. The highest BCUT2D eigenvalue weighted by Crippen LogP contribution is 2.21. The zero-order valence-corrected chi connectivity index (χ0v) is 14.7. The fraction of sp³-hybridized carbons (Fsp3) is 0.100. The molecule has 0 fully saturated rings. The van der Waals surface area contributed by atoms with E-state index in [0.717, 1.165) is 11.3 Å². The molecule has 0 saturated heterocycles. The SMILES string of the molecule is CN(C)c1ccc(C=CC(=O)c2cc3cc([N+](=O)[O-])ccc3oc2=O)cc1. The van der Waals surface area contributed by atoms with Crippen molar-refractivity contribution < 1.29 is 14.1 Å². The minimum atomic E-state index is -0.783. The standard InChI is InChI=1S/C20H16N2O5/c1-21(2)15-6-3-13(4-7-15)5-9-18(23)17-12-14-11-16(22(25)26)8-10-19(14)27-20(17)24/h3-12H,1-2H3. The summed E-state index contributed by atoms with van der Waals surface area (Å²) < 4.78 is 5.10. The van der Waals surface area contributed by atoms with Crippen LogP contribution in [0.5, 0.6) is 0 Å². The normalized spacial score (nSPS) is 11.0. The number of carbonyl (C=O) groups is 1. The molecule has 0 N–H and O–H groups in total. The molecule has 0 bridgehead atoms. The smallest absolute Gasteiger partial charge is 0.347 e. The van der Waals surface area contributed by atoms with E-state index in [1.807, 2.05) is 43.3 Å². The number of fused-ring (bicyclic) bond motifs is 1. The summed E-state index contributed by atoms with van der Waals surface area (Å²) in [5.41, 5.74) is 0.903. The lowest BCUT2D eigenvalue weighted by atomic mass is 10.1. The van der Waals surface area contributed by atoms with Crippen LogP contribution in [0.3, 0.4) is 0 Å². The summed E-state index contributed by atoms with van der Waals surface area (Å²) in [6.45, 7) is 0. The van der Waals surface area contributed by atoms with Crippen LogP contribution in [0.4, 0.5) is 11.4 Å². The van der Waals surface area contributed by atoms with E-state index in [9.17, 15) is 19.7 Å². The van der Waals surface area contributed by atoms with Crippen molar-refractivity contribution >= 4 is 34.2 Å². The lowest BCUT2D eigenvalue weighted by Gasteiger charge is -2.11. The molecule has 0 saturated carbocycles. The van der Waals surface area contributed by atoms with Gasteiger partial charge < -0.3 is 9.32 Å². The summed E-state index contributed by atoms with van der Waals surface area (Å²) in [6.07, 6.45) is 2.87. The van der Waals surface area contributed by atoms with Crippen LogP contribution < -0.4 is 10.5 Å². The maximum atomic E-state index is 12.4. The van der Waals surface area contributed by atoms with Gasteiger partial charge in [-0.25, -0.2) is 4.79 Å². The van der Waals surface area contributed by atoms with Gasteiger partial charge in [-0.05, 0) is 35.9 Å². The average Bonchev–Trinajstić information content (AvgIpc) is 2.65. The van der Waals surface area contributed by atoms with Crippen molar-refractivity contribution in [3.63, 3.8) is 0 Å². The number of carbonyl (C=O) groups excluding carboxylic acids is 1. The van der Waals surface area contributed by atoms with Crippen LogP contribution in [0, 0.1) is 10.1 Å². The Kier molecular flexibility index (Phi) is 4.85. The number of benzene rings is 2. The van der Waals surface area contributed by atoms with Gasteiger partial charge in [0.25, 0.3) is 5.69 Å². The highest BCUT2D eigenvalue weighted by Gasteiger charge is 2.14. The number of anilines is 1. The fourth-order valence-electron chi connectivity index (χ4n) is 2.54. The zero-order chi connectivity index (χ0) is 19.6. The van der Waals surface area contributed by atoms with Crippen LogP contribution in [0.15, 0.2) is 63.8 Å². The summed E-state index contributed by atoms with van der Waals surface area (Å²) in [4.78, 5) is 36.7. The second-order valence-corrected chi connectivity index (χ2v) is 6.11. The Morgan fingerprint density at radius 3 is 2.44 bits per heavy atom. The first-order chi connectivity index (χ1) is 12.8. The number of hydrogen-bond donors (Lipinski definition) is 0. The van der Waals surface area contributed by atoms with Crippen molar-refractivity contribution in [1.82, 2.24) is 0 Å². The second kappa shape index (κ2) is 7.25. The van der Waals surface area contributed by atoms with Gasteiger partial charge >= 0.3 is 5.63 Å². The Balaban J connectivity index is 1.91. The summed E-state index contributed by atoms with van der Waals surface area (Å²) in [5.74, 6) is -0.533. The Labute approximate surface area is 154 Å². The summed E-state index contributed by atoms with van der Waals surface area (Å²) in [7, 11) is 3.86. The van der Waals surface area contributed by atoms with E-state index in [-0.39, 0.29) is 16.8 Å².